The van der Waals surface area contributed by atoms with Crippen LogP contribution in [-0.2, 0) is 13.1 Å². The molecule has 0 radical (unpaired) electrons. The first-order valence-corrected chi connectivity index (χ1v) is 8.69. The maximum absolute atomic E-state index is 4.53. The molecular formula is C16H26N6S. The Morgan fingerprint density at radius 2 is 2.04 bits per heavy atom. The lowest BCUT2D eigenvalue weighted by atomic mass is 10.4. The van der Waals surface area contributed by atoms with Crippen LogP contribution < -0.4 is 10.6 Å². The fraction of sp³-hybridized carbons (Fsp3) is 0.562. The summed E-state index contributed by atoms with van der Waals surface area (Å²) in [6.07, 6.45) is 0.998. The summed E-state index contributed by atoms with van der Waals surface area (Å²) in [6.45, 7) is 10.7. The minimum atomic E-state index is 0.705. The fourth-order valence-electron chi connectivity index (χ4n) is 2.33. The third-order valence-corrected chi connectivity index (χ3v) is 4.72. The van der Waals surface area contributed by atoms with Crippen LogP contribution in [0.3, 0.4) is 0 Å². The van der Waals surface area contributed by atoms with E-state index in [1.54, 1.807) is 18.4 Å². The van der Waals surface area contributed by atoms with Crippen molar-refractivity contribution in [1.82, 2.24) is 25.4 Å². The molecule has 2 heterocycles. The molecule has 2 aromatic rings. The SMILES string of the molecule is CN=C(NCCCn1nc(C)cc1C)NCc1nc(C)c(C)s1. The van der Waals surface area contributed by atoms with Crippen molar-refractivity contribution in [3.63, 3.8) is 0 Å². The van der Waals surface area contributed by atoms with Crippen LogP contribution >= 0.6 is 11.3 Å². The summed E-state index contributed by atoms with van der Waals surface area (Å²) in [5.74, 6) is 0.809. The van der Waals surface area contributed by atoms with Crippen molar-refractivity contribution in [2.45, 2.75) is 47.2 Å². The number of hydrogen-bond donors (Lipinski definition) is 2. The van der Waals surface area contributed by atoms with Crippen molar-refractivity contribution < 1.29 is 0 Å². The highest BCUT2D eigenvalue weighted by atomic mass is 32.1. The van der Waals surface area contributed by atoms with Gasteiger partial charge in [-0.2, -0.15) is 5.10 Å². The van der Waals surface area contributed by atoms with Gasteiger partial charge in [-0.1, -0.05) is 0 Å². The molecule has 0 saturated carbocycles. The first-order valence-electron chi connectivity index (χ1n) is 7.88. The molecule has 0 saturated heterocycles. The maximum Gasteiger partial charge on any atom is 0.191 e. The minimum absolute atomic E-state index is 0.705. The first-order chi connectivity index (χ1) is 11.0. The zero-order valence-corrected chi connectivity index (χ0v) is 15.4. The Hall–Kier alpha value is -1.89. The molecule has 0 atom stereocenters. The molecule has 0 aromatic carbocycles. The predicted octanol–water partition coefficient (Wildman–Crippen LogP) is 2.33. The molecule has 2 rings (SSSR count). The second-order valence-electron chi connectivity index (χ2n) is 5.61. The van der Waals surface area contributed by atoms with Gasteiger partial charge in [0.25, 0.3) is 0 Å². The molecule has 0 unspecified atom stereocenters. The van der Waals surface area contributed by atoms with Crippen molar-refractivity contribution in [3.05, 3.63) is 33.0 Å². The summed E-state index contributed by atoms with van der Waals surface area (Å²) >= 11 is 1.73. The summed E-state index contributed by atoms with van der Waals surface area (Å²) < 4.78 is 2.05. The number of guanidine groups is 1. The summed E-state index contributed by atoms with van der Waals surface area (Å²) in [5.41, 5.74) is 3.39. The average molecular weight is 334 g/mol. The highest BCUT2D eigenvalue weighted by Crippen LogP contribution is 2.15. The summed E-state index contributed by atoms with van der Waals surface area (Å²) in [7, 11) is 1.79. The lowest BCUT2D eigenvalue weighted by Gasteiger charge is -2.11. The number of nitrogens with zero attached hydrogens (tertiary/aromatic N) is 4. The molecule has 23 heavy (non-hydrogen) atoms. The number of nitrogens with one attached hydrogen (secondary N) is 2. The van der Waals surface area contributed by atoms with Gasteiger partial charge in [0.2, 0.25) is 0 Å². The van der Waals surface area contributed by atoms with Crippen LogP contribution in [0.25, 0.3) is 0 Å². The van der Waals surface area contributed by atoms with E-state index in [-0.39, 0.29) is 0 Å². The summed E-state index contributed by atoms with van der Waals surface area (Å²) in [4.78, 5) is 10.0. The zero-order valence-electron chi connectivity index (χ0n) is 14.6. The van der Waals surface area contributed by atoms with E-state index in [4.69, 9.17) is 0 Å². The lowest BCUT2D eigenvalue weighted by Crippen LogP contribution is -2.37. The Morgan fingerprint density at radius 3 is 2.61 bits per heavy atom. The van der Waals surface area contributed by atoms with Gasteiger partial charge in [-0.25, -0.2) is 4.98 Å². The van der Waals surface area contributed by atoms with Gasteiger partial charge in [0.15, 0.2) is 5.96 Å². The van der Waals surface area contributed by atoms with E-state index in [1.807, 2.05) is 18.5 Å². The van der Waals surface area contributed by atoms with Gasteiger partial charge in [0, 0.05) is 30.7 Å². The van der Waals surface area contributed by atoms with Crippen molar-refractivity contribution in [3.8, 4) is 0 Å². The average Bonchev–Trinajstić information content (AvgIpc) is 3.00. The number of aliphatic imine (C=N–C) groups is 1. The quantitative estimate of drug-likeness (QED) is 0.483. The van der Waals surface area contributed by atoms with E-state index < -0.39 is 0 Å². The first kappa shape index (κ1) is 17.5. The van der Waals surface area contributed by atoms with Gasteiger partial charge >= 0.3 is 0 Å². The van der Waals surface area contributed by atoms with Crippen molar-refractivity contribution in [2.75, 3.05) is 13.6 Å². The van der Waals surface area contributed by atoms with Crippen LogP contribution in [0.1, 0.15) is 33.4 Å². The van der Waals surface area contributed by atoms with E-state index in [0.29, 0.717) is 6.54 Å². The second kappa shape index (κ2) is 8.10. The van der Waals surface area contributed by atoms with Gasteiger partial charge in [0.1, 0.15) is 5.01 Å². The van der Waals surface area contributed by atoms with Crippen LogP contribution in [0.2, 0.25) is 0 Å². The number of thiazole rings is 1. The monoisotopic (exact) mass is 334 g/mol. The Bertz CT molecular complexity index is 651. The number of hydrogen-bond acceptors (Lipinski definition) is 4. The van der Waals surface area contributed by atoms with Crippen molar-refractivity contribution in [2.24, 2.45) is 4.99 Å². The third kappa shape index (κ3) is 5.06. The van der Waals surface area contributed by atoms with Crippen LogP contribution in [-0.4, -0.2) is 34.3 Å². The van der Waals surface area contributed by atoms with E-state index in [9.17, 15) is 0 Å². The van der Waals surface area contributed by atoms with E-state index in [1.165, 1.54) is 10.6 Å². The smallest absolute Gasteiger partial charge is 0.191 e. The van der Waals surface area contributed by atoms with E-state index >= 15 is 0 Å². The van der Waals surface area contributed by atoms with Gasteiger partial charge in [0.05, 0.1) is 17.9 Å². The normalized spacial score (nSPS) is 11.8. The van der Waals surface area contributed by atoms with Crippen LogP contribution in [0.15, 0.2) is 11.1 Å². The molecule has 0 spiro atoms. The Kier molecular flexibility index (Phi) is 6.15. The molecule has 0 aliphatic carbocycles. The van der Waals surface area contributed by atoms with Gasteiger partial charge in [-0.15, -0.1) is 11.3 Å². The Labute approximate surface area is 142 Å². The third-order valence-electron chi connectivity index (χ3n) is 3.65. The van der Waals surface area contributed by atoms with Crippen LogP contribution in [0.4, 0.5) is 0 Å². The fourth-order valence-corrected chi connectivity index (χ4v) is 3.21. The second-order valence-corrected chi connectivity index (χ2v) is 6.89. The highest BCUT2D eigenvalue weighted by Gasteiger charge is 2.05. The Balaban J connectivity index is 1.71. The molecule has 0 aliphatic rings. The topological polar surface area (TPSA) is 67.1 Å². The maximum atomic E-state index is 4.53. The molecule has 2 aromatic heterocycles. The predicted molar refractivity (Wildman–Crippen MR) is 96.1 cm³/mol. The lowest BCUT2D eigenvalue weighted by molar-refractivity contribution is 0.555. The molecule has 0 amide bonds. The molecule has 0 aliphatic heterocycles. The molecule has 7 heteroatoms. The minimum Gasteiger partial charge on any atom is -0.356 e. The standard InChI is InChI=1S/C16H26N6S/c1-11-9-12(2)22(21-11)8-6-7-18-16(17-5)19-10-15-20-13(3)14(4)23-15/h9H,6-8,10H2,1-5H3,(H2,17,18,19). The van der Waals surface area contributed by atoms with E-state index in [0.717, 1.165) is 41.9 Å². The van der Waals surface area contributed by atoms with Gasteiger partial charge < -0.3 is 10.6 Å². The van der Waals surface area contributed by atoms with Crippen LogP contribution in [0, 0.1) is 27.7 Å². The molecule has 0 bridgehead atoms. The summed E-state index contributed by atoms with van der Waals surface area (Å²) in [6, 6.07) is 2.10. The van der Waals surface area contributed by atoms with Gasteiger partial charge in [-0.3, -0.25) is 9.67 Å². The number of rotatable bonds is 6. The largest absolute Gasteiger partial charge is 0.356 e. The molecular weight excluding hydrogens is 308 g/mol. The summed E-state index contributed by atoms with van der Waals surface area (Å²) in [5, 5.41) is 12.2. The number of aromatic nitrogens is 3. The molecule has 6 nitrogen and oxygen atoms in total. The van der Waals surface area contributed by atoms with Gasteiger partial charge in [-0.05, 0) is 40.2 Å². The van der Waals surface area contributed by atoms with Crippen molar-refractivity contribution >= 4 is 17.3 Å². The van der Waals surface area contributed by atoms with Crippen LogP contribution in [0.5, 0.6) is 0 Å². The highest BCUT2D eigenvalue weighted by molar-refractivity contribution is 7.11. The Morgan fingerprint density at radius 1 is 1.26 bits per heavy atom. The number of aryl methyl sites for hydroxylation is 5. The van der Waals surface area contributed by atoms with Crippen molar-refractivity contribution in [1.29, 1.82) is 0 Å². The molecule has 126 valence electrons. The molecule has 0 fully saturated rings. The van der Waals surface area contributed by atoms with E-state index in [2.05, 4.69) is 45.6 Å². The molecule has 2 N–H and O–H groups in total. The zero-order chi connectivity index (χ0) is 16.8.